The first-order valence-electron chi connectivity index (χ1n) is 5.85. The molecule has 1 aliphatic carbocycles. The number of rotatable bonds is 3. The van der Waals surface area contributed by atoms with E-state index >= 15 is 0 Å². The molecule has 2 rings (SSSR count). The Morgan fingerprint density at radius 2 is 1.75 bits per heavy atom. The molecule has 0 amide bonds. The molecule has 0 aromatic heterocycles. The molecule has 1 fully saturated rings. The third-order valence-corrected chi connectivity index (χ3v) is 3.62. The molecule has 2 nitrogen and oxygen atoms in total. The lowest BCUT2D eigenvalue weighted by Gasteiger charge is -2.25. The van der Waals surface area contributed by atoms with Crippen molar-refractivity contribution in [3.8, 4) is 5.75 Å². The Morgan fingerprint density at radius 1 is 1.25 bits per heavy atom. The smallest absolute Gasteiger partial charge is 0.124 e. The lowest BCUT2D eigenvalue weighted by atomic mass is 9.88. The third-order valence-electron chi connectivity index (χ3n) is 3.62. The third kappa shape index (κ3) is 1.82. The van der Waals surface area contributed by atoms with Gasteiger partial charge in [0.25, 0.3) is 0 Å². The molecule has 1 aromatic rings. The van der Waals surface area contributed by atoms with Crippen LogP contribution in [-0.2, 0) is 5.60 Å². The summed E-state index contributed by atoms with van der Waals surface area (Å²) in [5, 5.41) is 10.5. The van der Waals surface area contributed by atoms with Crippen molar-refractivity contribution in [2.75, 3.05) is 7.11 Å². The largest absolute Gasteiger partial charge is 0.496 e. The second kappa shape index (κ2) is 3.77. The highest BCUT2D eigenvalue weighted by atomic mass is 16.5. The summed E-state index contributed by atoms with van der Waals surface area (Å²) >= 11 is 0. The molecule has 1 atom stereocenters. The highest BCUT2D eigenvalue weighted by Crippen LogP contribution is 2.46. The van der Waals surface area contributed by atoms with E-state index < -0.39 is 5.60 Å². The highest BCUT2D eigenvalue weighted by molar-refractivity contribution is 5.45. The Bertz CT molecular complexity index is 380. The van der Waals surface area contributed by atoms with Crippen LogP contribution in [-0.4, -0.2) is 12.2 Å². The molecule has 16 heavy (non-hydrogen) atoms. The Kier molecular flexibility index (Phi) is 2.70. The van der Waals surface area contributed by atoms with Crippen LogP contribution in [0.5, 0.6) is 5.75 Å². The van der Waals surface area contributed by atoms with E-state index in [1.54, 1.807) is 7.11 Å². The SMILES string of the molecule is COc1c(C)cc([C@@](C)(O)C2CC2)cc1C. The maximum absolute atomic E-state index is 10.5. The first kappa shape index (κ1) is 11.5. The topological polar surface area (TPSA) is 29.5 Å². The standard InChI is InChI=1S/C14H20O2/c1-9-7-12(8-10(2)13(9)16-4)14(3,15)11-5-6-11/h7-8,11,15H,5-6H2,1-4H3/t14-/m0/s1. The van der Waals surface area contributed by atoms with Gasteiger partial charge in [0.2, 0.25) is 0 Å². The van der Waals surface area contributed by atoms with Gasteiger partial charge >= 0.3 is 0 Å². The molecule has 1 N–H and O–H groups in total. The van der Waals surface area contributed by atoms with E-state index in [9.17, 15) is 5.11 Å². The summed E-state index contributed by atoms with van der Waals surface area (Å²) in [7, 11) is 1.69. The number of ether oxygens (including phenoxy) is 1. The summed E-state index contributed by atoms with van der Waals surface area (Å²) in [6, 6.07) is 4.09. The van der Waals surface area contributed by atoms with Gasteiger partial charge in [-0.05, 0) is 68.4 Å². The van der Waals surface area contributed by atoms with E-state index in [0.29, 0.717) is 5.92 Å². The van der Waals surface area contributed by atoms with Crippen LogP contribution in [0.3, 0.4) is 0 Å². The average Bonchev–Trinajstić information content (AvgIpc) is 3.00. The lowest BCUT2D eigenvalue weighted by molar-refractivity contribution is 0.0329. The minimum Gasteiger partial charge on any atom is -0.496 e. The van der Waals surface area contributed by atoms with Crippen LogP contribution in [0, 0.1) is 19.8 Å². The van der Waals surface area contributed by atoms with E-state index in [-0.39, 0.29) is 0 Å². The molecule has 2 heteroatoms. The summed E-state index contributed by atoms with van der Waals surface area (Å²) in [5.74, 6) is 1.36. The van der Waals surface area contributed by atoms with Gasteiger partial charge in [-0.25, -0.2) is 0 Å². The minimum atomic E-state index is -0.679. The number of aryl methyl sites for hydroxylation is 2. The molecule has 1 saturated carbocycles. The van der Waals surface area contributed by atoms with Gasteiger partial charge in [0.05, 0.1) is 12.7 Å². The van der Waals surface area contributed by atoms with Gasteiger partial charge in [0.1, 0.15) is 5.75 Å². The summed E-state index contributed by atoms with van der Waals surface area (Å²) < 4.78 is 5.34. The summed E-state index contributed by atoms with van der Waals surface area (Å²) in [6.45, 7) is 5.97. The van der Waals surface area contributed by atoms with Crippen LogP contribution < -0.4 is 4.74 Å². The molecule has 1 aliphatic rings. The van der Waals surface area contributed by atoms with Crippen LogP contribution in [0.2, 0.25) is 0 Å². The summed E-state index contributed by atoms with van der Waals surface area (Å²) in [6.07, 6.45) is 2.27. The molecular weight excluding hydrogens is 200 g/mol. The van der Waals surface area contributed by atoms with Crippen LogP contribution in [0.4, 0.5) is 0 Å². The van der Waals surface area contributed by atoms with E-state index in [0.717, 1.165) is 35.3 Å². The van der Waals surface area contributed by atoms with Crippen molar-refractivity contribution in [3.63, 3.8) is 0 Å². The van der Waals surface area contributed by atoms with Gasteiger partial charge in [-0.1, -0.05) is 0 Å². The molecule has 0 radical (unpaired) electrons. The fraction of sp³-hybridized carbons (Fsp3) is 0.571. The molecule has 88 valence electrons. The summed E-state index contributed by atoms with van der Waals surface area (Å²) in [4.78, 5) is 0. The number of hydrogen-bond acceptors (Lipinski definition) is 2. The number of hydrogen-bond donors (Lipinski definition) is 1. The Hall–Kier alpha value is -1.02. The molecule has 0 aliphatic heterocycles. The zero-order chi connectivity index (χ0) is 11.9. The van der Waals surface area contributed by atoms with Crippen LogP contribution in [0.25, 0.3) is 0 Å². The fourth-order valence-electron chi connectivity index (χ4n) is 2.45. The Morgan fingerprint density at radius 3 is 2.12 bits per heavy atom. The molecule has 0 saturated heterocycles. The predicted octanol–water partition coefficient (Wildman–Crippen LogP) is 2.93. The van der Waals surface area contributed by atoms with Crippen LogP contribution in [0.15, 0.2) is 12.1 Å². The number of aliphatic hydroxyl groups is 1. The van der Waals surface area contributed by atoms with Crippen molar-refractivity contribution in [1.82, 2.24) is 0 Å². The van der Waals surface area contributed by atoms with Crippen molar-refractivity contribution in [2.24, 2.45) is 5.92 Å². The highest BCUT2D eigenvalue weighted by Gasteiger charge is 2.41. The average molecular weight is 220 g/mol. The van der Waals surface area contributed by atoms with E-state index in [1.807, 2.05) is 32.9 Å². The van der Waals surface area contributed by atoms with Gasteiger partial charge in [0.15, 0.2) is 0 Å². The van der Waals surface area contributed by atoms with Gasteiger partial charge in [-0.2, -0.15) is 0 Å². The zero-order valence-corrected chi connectivity index (χ0v) is 10.5. The Balaban J connectivity index is 2.43. The van der Waals surface area contributed by atoms with Crippen LogP contribution >= 0.6 is 0 Å². The minimum absolute atomic E-state index is 0.430. The second-order valence-electron chi connectivity index (χ2n) is 5.07. The molecular formula is C14H20O2. The second-order valence-corrected chi connectivity index (χ2v) is 5.07. The lowest BCUT2D eigenvalue weighted by Crippen LogP contribution is -2.24. The van der Waals surface area contributed by atoms with E-state index in [4.69, 9.17) is 4.74 Å². The molecule has 0 spiro atoms. The Labute approximate surface area is 97.3 Å². The zero-order valence-electron chi connectivity index (χ0n) is 10.5. The van der Waals surface area contributed by atoms with Crippen LogP contribution in [0.1, 0.15) is 36.5 Å². The number of methoxy groups -OCH3 is 1. The monoisotopic (exact) mass is 220 g/mol. The molecule has 0 unspecified atom stereocenters. The van der Waals surface area contributed by atoms with Crippen molar-refractivity contribution in [1.29, 1.82) is 0 Å². The first-order chi connectivity index (χ1) is 7.46. The molecule has 0 heterocycles. The van der Waals surface area contributed by atoms with Gasteiger partial charge in [-0.3, -0.25) is 0 Å². The van der Waals surface area contributed by atoms with E-state index in [1.165, 1.54) is 0 Å². The van der Waals surface area contributed by atoms with Gasteiger partial charge in [-0.15, -0.1) is 0 Å². The maximum Gasteiger partial charge on any atom is 0.124 e. The van der Waals surface area contributed by atoms with Gasteiger partial charge < -0.3 is 9.84 Å². The fourth-order valence-corrected chi connectivity index (χ4v) is 2.45. The van der Waals surface area contributed by atoms with Gasteiger partial charge in [0, 0.05) is 0 Å². The first-order valence-corrected chi connectivity index (χ1v) is 5.85. The number of benzene rings is 1. The van der Waals surface area contributed by atoms with Crippen molar-refractivity contribution in [3.05, 3.63) is 28.8 Å². The van der Waals surface area contributed by atoms with Crippen molar-refractivity contribution < 1.29 is 9.84 Å². The summed E-state index contributed by atoms with van der Waals surface area (Å²) in [5.41, 5.74) is 2.53. The molecule has 1 aromatic carbocycles. The van der Waals surface area contributed by atoms with Crippen molar-refractivity contribution >= 4 is 0 Å². The quantitative estimate of drug-likeness (QED) is 0.848. The maximum atomic E-state index is 10.5. The van der Waals surface area contributed by atoms with E-state index in [2.05, 4.69) is 0 Å². The molecule has 0 bridgehead atoms. The normalized spacial score (nSPS) is 19.3. The predicted molar refractivity (Wildman–Crippen MR) is 64.8 cm³/mol. The van der Waals surface area contributed by atoms with Crippen molar-refractivity contribution in [2.45, 2.75) is 39.2 Å².